The highest BCUT2D eigenvalue weighted by Crippen LogP contribution is 2.20. The summed E-state index contributed by atoms with van der Waals surface area (Å²) in [5.74, 6) is -0.888. The molecule has 0 aliphatic heterocycles. The van der Waals surface area contributed by atoms with E-state index in [1.54, 1.807) is 4.90 Å². The van der Waals surface area contributed by atoms with Gasteiger partial charge in [-0.25, -0.2) is 12.8 Å². The fourth-order valence-corrected chi connectivity index (χ4v) is 4.83. The zero-order valence-electron chi connectivity index (χ0n) is 21.8. The summed E-state index contributed by atoms with van der Waals surface area (Å²) < 4.78 is 39.2. The van der Waals surface area contributed by atoms with Crippen molar-refractivity contribution in [3.8, 4) is 0 Å². The lowest BCUT2D eigenvalue weighted by molar-refractivity contribution is -0.141. The van der Waals surface area contributed by atoms with E-state index in [1.807, 2.05) is 52.0 Å². The molecule has 0 saturated heterocycles. The number of carbonyl (C=O) groups excluding carboxylic acids is 2. The van der Waals surface area contributed by atoms with Crippen LogP contribution in [0.5, 0.6) is 0 Å². The highest BCUT2D eigenvalue weighted by atomic mass is 32.2. The molecular weight excluding hydrogens is 481 g/mol. The number of carbonyl (C=O) groups is 2. The van der Waals surface area contributed by atoms with Gasteiger partial charge in [-0.15, -0.1) is 0 Å². The fraction of sp³-hybridized carbons (Fsp3) is 0.481. The first-order valence-corrected chi connectivity index (χ1v) is 14.2. The Morgan fingerprint density at radius 2 is 1.61 bits per heavy atom. The maximum atomic E-state index is 13.4. The molecule has 0 aliphatic rings. The molecule has 0 fully saturated rings. The second-order valence-corrected chi connectivity index (χ2v) is 11.1. The summed E-state index contributed by atoms with van der Waals surface area (Å²) in [4.78, 5) is 28.0. The number of anilines is 1. The van der Waals surface area contributed by atoms with Gasteiger partial charge in [0.1, 0.15) is 11.9 Å². The van der Waals surface area contributed by atoms with Crippen LogP contribution in [0.3, 0.4) is 0 Å². The smallest absolute Gasteiger partial charge is 0.243 e. The zero-order valence-corrected chi connectivity index (χ0v) is 22.6. The number of rotatable bonds is 13. The van der Waals surface area contributed by atoms with Gasteiger partial charge in [-0.2, -0.15) is 0 Å². The first kappa shape index (κ1) is 29.3. The maximum absolute atomic E-state index is 13.4. The summed E-state index contributed by atoms with van der Waals surface area (Å²) in [5.41, 5.74) is 2.34. The molecule has 2 aromatic carbocycles. The quantitative estimate of drug-likeness (QED) is 0.425. The van der Waals surface area contributed by atoms with Crippen molar-refractivity contribution in [1.82, 2.24) is 10.2 Å². The van der Waals surface area contributed by atoms with E-state index in [4.69, 9.17) is 0 Å². The molecule has 198 valence electrons. The predicted octanol–water partition coefficient (Wildman–Crippen LogP) is 4.40. The molecule has 7 nitrogen and oxygen atoms in total. The van der Waals surface area contributed by atoms with Gasteiger partial charge in [-0.1, -0.05) is 43.7 Å². The third kappa shape index (κ3) is 8.62. The van der Waals surface area contributed by atoms with Gasteiger partial charge in [0, 0.05) is 25.6 Å². The van der Waals surface area contributed by atoms with Crippen molar-refractivity contribution in [2.75, 3.05) is 17.1 Å². The molecule has 2 atom stereocenters. The third-order valence-corrected chi connectivity index (χ3v) is 7.32. The lowest BCUT2D eigenvalue weighted by Crippen LogP contribution is -2.50. The average Bonchev–Trinajstić information content (AvgIpc) is 2.82. The number of nitrogens with one attached hydrogen (secondary N) is 1. The first-order valence-electron chi connectivity index (χ1n) is 12.3. The number of nitrogens with zero attached hydrogens (tertiary/aromatic N) is 2. The van der Waals surface area contributed by atoms with Crippen LogP contribution in [0, 0.1) is 12.7 Å². The maximum Gasteiger partial charge on any atom is 0.243 e. The summed E-state index contributed by atoms with van der Waals surface area (Å²) >= 11 is 0. The van der Waals surface area contributed by atoms with E-state index in [2.05, 4.69) is 5.32 Å². The molecule has 0 aliphatic carbocycles. The topological polar surface area (TPSA) is 86.8 Å². The highest BCUT2D eigenvalue weighted by Gasteiger charge is 2.29. The van der Waals surface area contributed by atoms with Gasteiger partial charge in [0.25, 0.3) is 0 Å². The molecule has 0 bridgehead atoms. The number of halogens is 1. The molecule has 2 amide bonds. The van der Waals surface area contributed by atoms with E-state index in [1.165, 1.54) is 24.3 Å². The van der Waals surface area contributed by atoms with E-state index in [-0.39, 0.29) is 43.8 Å². The first-order chi connectivity index (χ1) is 17.0. The van der Waals surface area contributed by atoms with Crippen LogP contribution in [0.15, 0.2) is 48.5 Å². The SMILES string of the molecule is CC[C@H](C)NC(=O)[C@H](CC)N(Cc1ccc(C)cc1)C(=O)CCCN(c1ccc(F)cc1)S(C)(=O)=O. The highest BCUT2D eigenvalue weighted by molar-refractivity contribution is 7.92. The van der Waals surface area contributed by atoms with E-state index in [0.717, 1.165) is 28.1 Å². The second-order valence-electron chi connectivity index (χ2n) is 9.16. The van der Waals surface area contributed by atoms with Crippen molar-refractivity contribution < 1.29 is 22.4 Å². The van der Waals surface area contributed by atoms with Gasteiger partial charge in [0.2, 0.25) is 21.8 Å². The Kier molecular flexibility index (Phi) is 10.9. The minimum absolute atomic E-state index is 0.0121. The number of benzene rings is 2. The van der Waals surface area contributed by atoms with Crippen molar-refractivity contribution in [3.05, 3.63) is 65.5 Å². The lowest BCUT2D eigenvalue weighted by Gasteiger charge is -2.32. The van der Waals surface area contributed by atoms with Crippen LogP contribution in [0.2, 0.25) is 0 Å². The van der Waals surface area contributed by atoms with Gasteiger partial charge in [0.05, 0.1) is 11.9 Å². The van der Waals surface area contributed by atoms with E-state index < -0.39 is 21.9 Å². The largest absolute Gasteiger partial charge is 0.352 e. The molecule has 0 unspecified atom stereocenters. The predicted molar refractivity (Wildman–Crippen MR) is 142 cm³/mol. The van der Waals surface area contributed by atoms with Crippen LogP contribution in [-0.4, -0.2) is 50.0 Å². The molecule has 0 heterocycles. The van der Waals surface area contributed by atoms with Crippen LogP contribution in [0.4, 0.5) is 10.1 Å². The Morgan fingerprint density at radius 1 is 1.00 bits per heavy atom. The van der Waals surface area contributed by atoms with Gasteiger partial charge >= 0.3 is 0 Å². The third-order valence-electron chi connectivity index (χ3n) is 6.13. The molecule has 0 spiro atoms. The minimum atomic E-state index is -3.63. The van der Waals surface area contributed by atoms with Crippen molar-refractivity contribution >= 4 is 27.5 Å². The Labute approximate surface area is 214 Å². The summed E-state index contributed by atoms with van der Waals surface area (Å²) in [6.45, 7) is 8.09. The fourth-order valence-electron chi connectivity index (χ4n) is 3.86. The second kappa shape index (κ2) is 13.4. The summed E-state index contributed by atoms with van der Waals surface area (Å²) in [6, 6.07) is 12.3. The number of aryl methyl sites for hydroxylation is 1. The summed E-state index contributed by atoms with van der Waals surface area (Å²) in [6.07, 6.45) is 2.61. The Balaban J connectivity index is 2.21. The van der Waals surface area contributed by atoms with Crippen LogP contribution < -0.4 is 9.62 Å². The van der Waals surface area contributed by atoms with Gasteiger partial charge in [0.15, 0.2) is 0 Å². The Morgan fingerprint density at radius 3 is 2.14 bits per heavy atom. The van der Waals surface area contributed by atoms with Crippen LogP contribution in [0.1, 0.15) is 57.6 Å². The molecule has 0 saturated carbocycles. The van der Waals surface area contributed by atoms with Crippen LogP contribution in [0.25, 0.3) is 0 Å². The summed E-state index contributed by atoms with van der Waals surface area (Å²) in [7, 11) is -3.63. The minimum Gasteiger partial charge on any atom is -0.352 e. The zero-order chi connectivity index (χ0) is 26.9. The number of hydrogen-bond acceptors (Lipinski definition) is 4. The standard InChI is InChI=1S/C27H38FN3O4S/c1-6-21(4)29-27(33)25(7-2)30(19-22-12-10-20(3)11-13-22)26(32)9-8-18-31(36(5,34)35)24-16-14-23(28)15-17-24/h10-17,21,25H,6-9,18-19H2,1-5H3,(H,29,33)/t21-,25-/m0/s1. The van der Waals surface area contributed by atoms with Crippen molar-refractivity contribution in [2.45, 2.75) is 72.0 Å². The molecule has 2 rings (SSSR count). The van der Waals surface area contributed by atoms with E-state index in [0.29, 0.717) is 12.1 Å². The molecule has 36 heavy (non-hydrogen) atoms. The molecule has 0 aromatic heterocycles. The van der Waals surface area contributed by atoms with Crippen LogP contribution in [-0.2, 0) is 26.2 Å². The Hall–Kier alpha value is -2.94. The lowest BCUT2D eigenvalue weighted by atomic mass is 10.1. The average molecular weight is 520 g/mol. The van der Waals surface area contributed by atoms with E-state index >= 15 is 0 Å². The van der Waals surface area contributed by atoms with Crippen molar-refractivity contribution in [2.24, 2.45) is 0 Å². The van der Waals surface area contributed by atoms with Gasteiger partial charge in [-0.05, 0) is 62.9 Å². The monoisotopic (exact) mass is 519 g/mol. The van der Waals surface area contributed by atoms with Gasteiger partial charge in [-0.3, -0.25) is 13.9 Å². The van der Waals surface area contributed by atoms with Crippen molar-refractivity contribution in [3.63, 3.8) is 0 Å². The molecule has 9 heteroatoms. The van der Waals surface area contributed by atoms with E-state index in [9.17, 15) is 22.4 Å². The molecule has 2 aromatic rings. The number of sulfonamides is 1. The number of amides is 2. The molecular formula is C27H38FN3O4S. The molecule has 0 radical (unpaired) electrons. The molecule has 1 N–H and O–H groups in total. The number of hydrogen-bond donors (Lipinski definition) is 1. The van der Waals surface area contributed by atoms with Crippen LogP contribution >= 0.6 is 0 Å². The van der Waals surface area contributed by atoms with Gasteiger partial charge < -0.3 is 10.2 Å². The summed E-state index contributed by atoms with van der Waals surface area (Å²) in [5, 5.41) is 2.98. The van der Waals surface area contributed by atoms with Crippen molar-refractivity contribution in [1.29, 1.82) is 0 Å². The normalized spacial score (nSPS) is 13.1. The Bertz CT molecular complexity index is 1100.